The minimum Gasteiger partial charge on any atom is -0.264 e. The van der Waals surface area contributed by atoms with E-state index in [0.717, 1.165) is 11.1 Å². The standard InChI is InChI=1S/C24H18N2/c1-3-7-19(8-4-1)23-13-15-25-17-21(23)11-12-22-18-26-16-14-24(22)20-9-5-2-6-10-20/h1-18H/b12-11-. The first-order valence-corrected chi connectivity index (χ1v) is 8.59. The maximum Gasteiger partial charge on any atom is 0.0346 e. The summed E-state index contributed by atoms with van der Waals surface area (Å²) in [5, 5.41) is 0. The van der Waals surface area contributed by atoms with E-state index in [0.29, 0.717) is 0 Å². The van der Waals surface area contributed by atoms with Gasteiger partial charge in [-0.2, -0.15) is 0 Å². The molecule has 0 fully saturated rings. The Bertz CT molecular complexity index is 937. The molecule has 0 atom stereocenters. The maximum absolute atomic E-state index is 4.30. The van der Waals surface area contributed by atoms with Crippen LogP contribution in [0.25, 0.3) is 34.4 Å². The summed E-state index contributed by atoms with van der Waals surface area (Å²) in [7, 11) is 0. The van der Waals surface area contributed by atoms with Crippen molar-refractivity contribution < 1.29 is 0 Å². The first-order valence-electron chi connectivity index (χ1n) is 8.59. The van der Waals surface area contributed by atoms with E-state index in [1.165, 1.54) is 22.3 Å². The van der Waals surface area contributed by atoms with Crippen molar-refractivity contribution in [3.63, 3.8) is 0 Å². The van der Waals surface area contributed by atoms with Gasteiger partial charge in [0.1, 0.15) is 0 Å². The number of hydrogen-bond donors (Lipinski definition) is 0. The van der Waals surface area contributed by atoms with Crippen LogP contribution in [0.5, 0.6) is 0 Å². The number of benzene rings is 2. The molecule has 0 radical (unpaired) electrons. The van der Waals surface area contributed by atoms with Crippen molar-refractivity contribution in [2.45, 2.75) is 0 Å². The summed E-state index contributed by atoms with van der Waals surface area (Å²) in [5.41, 5.74) is 6.88. The van der Waals surface area contributed by atoms with Crippen LogP contribution in [0, 0.1) is 0 Å². The Morgan fingerprint density at radius 1 is 0.500 bits per heavy atom. The lowest BCUT2D eigenvalue weighted by atomic mass is 9.99. The molecule has 0 saturated carbocycles. The number of rotatable bonds is 4. The molecular formula is C24H18N2. The highest BCUT2D eigenvalue weighted by atomic mass is 14.6. The van der Waals surface area contributed by atoms with Crippen molar-refractivity contribution in [1.82, 2.24) is 9.97 Å². The zero-order valence-corrected chi connectivity index (χ0v) is 14.3. The van der Waals surface area contributed by atoms with Gasteiger partial charge >= 0.3 is 0 Å². The van der Waals surface area contributed by atoms with Gasteiger partial charge in [-0.15, -0.1) is 0 Å². The molecule has 4 rings (SSSR count). The second-order valence-electron chi connectivity index (χ2n) is 5.99. The van der Waals surface area contributed by atoms with Gasteiger partial charge in [0, 0.05) is 35.9 Å². The average molecular weight is 334 g/mol. The Kier molecular flexibility index (Phi) is 4.66. The molecule has 0 amide bonds. The molecule has 124 valence electrons. The summed E-state index contributed by atoms with van der Waals surface area (Å²) in [6.45, 7) is 0. The van der Waals surface area contributed by atoms with E-state index < -0.39 is 0 Å². The van der Waals surface area contributed by atoms with Crippen molar-refractivity contribution in [2.75, 3.05) is 0 Å². The van der Waals surface area contributed by atoms with Crippen molar-refractivity contribution >= 4 is 12.2 Å². The van der Waals surface area contributed by atoms with E-state index in [1.54, 1.807) is 0 Å². The average Bonchev–Trinajstić information content (AvgIpc) is 2.74. The van der Waals surface area contributed by atoms with E-state index in [1.807, 2.05) is 36.9 Å². The van der Waals surface area contributed by atoms with Gasteiger partial charge in [-0.05, 0) is 34.4 Å². The highest BCUT2D eigenvalue weighted by Crippen LogP contribution is 2.27. The van der Waals surface area contributed by atoms with E-state index in [4.69, 9.17) is 0 Å². The third-order valence-electron chi connectivity index (χ3n) is 4.32. The second kappa shape index (κ2) is 7.58. The lowest BCUT2D eigenvalue weighted by Crippen LogP contribution is -1.86. The largest absolute Gasteiger partial charge is 0.264 e. The molecule has 2 nitrogen and oxygen atoms in total. The summed E-state index contributed by atoms with van der Waals surface area (Å²) in [4.78, 5) is 8.59. The summed E-state index contributed by atoms with van der Waals surface area (Å²) < 4.78 is 0. The third-order valence-corrected chi connectivity index (χ3v) is 4.32. The van der Waals surface area contributed by atoms with Gasteiger partial charge in [-0.25, -0.2) is 0 Å². The number of hydrogen-bond acceptors (Lipinski definition) is 2. The molecule has 0 saturated heterocycles. The molecule has 0 N–H and O–H groups in total. The van der Waals surface area contributed by atoms with E-state index in [9.17, 15) is 0 Å². The topological polar surface area (TPSA) is 25.8 Å². The predicted octanol–water partition coefficient (Wildman–Crippen LogP) is 5.98. The summed E-state index contributed by atoms with van der Waals surface area (Å²) in [6, 6.07) is 24.8. The summed E-state index contributed by atoms with van der Waals surface area (Å²) in [5.74, 6) is 0. The van der Waals surface area contributed by atoms with Crippen LogP contribution in [0.2, 0.25) is 0 Å². The van der Waals surface area contributed by atoms with Crippen LogP contribution in [-0.4, -0.2) is 9.97 Å². The molecule has 0 bridgehead atoms. The highest BCUT2D eigenvalue weighted by molar-refractivity contribution is 5.84. The third kappa shape index (κ3) is 3.45. The highest BCUT2D eigenvalue weighted by Gasteiger charge is 2.04. The van der Waals surface area contributed by atoms with Gasteiger partial charge in [0.25, 0.3) is 0 Å². The maximum atomic E-state index is 4.30. The Morgan fingerprint density at radius 2 is 0.923 bits per heavy atom. The molecule has 2 heteroatoms. The van der Waals surface area contributed by atoms with Crippen LogP contribution in [-0.2, 0) is 0 Å². The molecule has 2 heterocycles. The predicted molar refractivity (Wildman–Crippen MR) is 108 cm³/mol. The first kappa shape index (κ1) is 16.0. The van der Waals surface area contributed by atoms with Crippen molar-refractivity contribution in [2.24, 2.45) is 0 Å². The van der Waals surface area contributed by atoms with Crippen LogP contribution in [0.3, 0.4) is 0 Å². The van der Waals surface area contributed by atoms with E-state index in [2.05, 4.69) is 82.8 Å². The Morgan fingerprint density at radius 3 is 1.35 bits per heavy atom. The lowest BCUT2D eigenvalue weighted by molar-refractivity contribution is 1.31. The molecule has 2 aromatic carbocycles. The number of aromatic nitrogens is 2. The monoisotopic (exact) mass is 334 g/mol. The normalized spacial score (nSPS) is 10.9. The van der Waals surface area contributed by atoms with Crippen LogP contribution in [0.4, 0.5) is 0 Å². The molecule has 0 spiro atoms. The molecule has 0 aliphatic heterocycles. The number of pyridine rings is 2. The van der Waals surface area contributed by atoms with Gasteiger partial charge in [0.15, 0.2) is 0 Å². The van der Waals surface area contributed by atoms with Crippen molar-refractivity contribution in [1.29, 1.82) is 0 Å². The van der Waals surface area contributed by atoms with Crippen molar-refractivity contribution in [3.8, 4) is 22.3 Å². The lowest BCUT2D eigenvalue weighted by Gasteiger charge is -2.07. The SMILES string of the molecule is C(=C/c1cnccc1-c1ccccc1)/c1cnccc1-c1ccccc1. The summed E-state index contributed by atoms with van der Waals surface area (Å²) in [6.07, 6.45) is 11.7. The Balaban J connectivity index is 1.73. The fourth-order valence-electron chi connectivity index (χ4n) is 3.02. The summed E-state index contributed by atoms with van der Waals surface area (Å²) >= 11 is 0. The van der Waals surface area contributed by atoms with Gasteiger partial charge in [-0.1, -0.05) is 72.8 Å². The smallest absolute Gasteiger partial charge is 0.0346 e. The fourth-order valence-corrected chi connectivity index (χ4v) is 3.02. The zero-order chi connectivity index (χ0) is 17.6. The molecule has 26 heavy (non-hydrogen) atoms. The van der Waals surface area contributed by atoms with Gasteiger partial charge < -0.3 is 0 Å². The molecule has 2 aromatic heterocycles. The van der Waals surface area contributed by atoms with Crippen LogP contribution < -0.4 is 0 Å². The fraction of sp³-hybridized carbons (Fsp3) is 0. The molecule has 0 aliphatic carbocycles. The van der Waals surface area contributed by atoms with Crippen LogP contribution in [0.1, 0.15) is 11.1 Å². The second-order valence-corrected chi connectivity index (χ2v) is 5.99. The van der Waals surface area contributed by atoms with Crippen molar-refractivity contribution in [3.05, 3.63) is 109 Å². The van der Waals surface area contributed by atoms with E-state index >= 15 is 0 Å². The van der Waals surface area contributed by atoms with Gasteiger partial charge in [0.05, 0.1) is 0 Å². The zero-order valence-electron chi connectivity index (χ0n) is 14.3. The molecule has 0 unspecified atom stereocenters. The minimum atomic E-state index is 1.08. The Hall–Kier alpha value is -3.52. The molecule has 0 aliphatic rings. The number of nitrogens with zero attached hydrogens (tertiary/aromatic N) is 2. The van der Waals surface area contributed by atoms with Crippen LogP contribution in [0.15, 0.2) is 97.6 Å². The quantitative estimate of drug-likeness (QED) is 0.459. The molecular weight excluding hydrogens is 316 g/mol. The van der Waals surface area contributed by atoms with Crippen LogP contribution >= 0.6 is 0 Å². The van der Waals surface area contributed by atoms with Gasteiger partial charge in [0.2, 0.25) is 0 Å². The Labute approximate surface area is 153 Å². The first-order chi connectivity index (χ1) is 12.9. The minimum absolute atomic E-state index is 1.08. The van der Waals surface area contributed by atoms with E-state index in [-0.39, 0.29) is 0 Å². The molecule has 4 aromatic rings. The van der Waals surface area contributed by atoms with Gasteiger partial charge in [-0.3, -0.25) is 9.97 Å².